The second-order valence-corrected chi connectivity index (χ2v) is 4.04. The summed E-state index contributed by atoms with van der Waals surface area (Å²) in [6.07, 6.45) is -0.308. The maximum atomic E-state index is 11.2. The second-order valence-electron chi connectivity index (χ2n) is 4.04. The Hall–Kier alpha value is -2.04. The van der Waals surface area contributed by atoms with Crippen LogP contribution in [0.3, 0.4) is 0 Å². The number of para-hydroxylation sites is 2. The first-order valence-corrected chi connectivity index (χ1v) is 5.05. The van der Waals surface area contributed by atoms with Crippen LogP contribution in [-0.2, 0) is 0 Å². The molecule has 5 nitrogen and oxygen atoms in total. The Bertz CT molecular complexity index is 570. The molecule has 2 heterocycles. The van der Waals surface area contributed by atoms with E-state index in [0.717, 1.165) is 11.4 Å². The van der Waals surface area contributed by atoms with Crippen LogP contribution in [0, 0.1) is 0 Å². The summed E-state index contributed by atoms with van der Waals surface area (Å²) in [7, 11) is 3.76. The Morgan fingerprint density at radius 2 is 1.38 bits per heavy atom. The van der Waals surface area contributed by atoms with Gasteiger partial charge in [-0.3, -0.25) is 9.59 Å². The molecule has 1 aromatic carbocycles. The molecule has 82 valence electrons. The van der Waals surface area contributed by atoms with E-state index in [2.05, 4.69) is 0 Å². The SMILES string of the molecule is CN1c2ccccc2N(C)C1n1c(=O)c1=O. The van der Waals surface area contributed by atoms with Crippen molar-refractivity contribution in [2.45, 2.75) is 6.29 Å². The lowest BCUT2D eigenvalue weighted by molar-refractivity contribution is 0.533. The first kappa shape index (κ1) is 9.21. The number of hydrogen-bond donors (Lipinski definition) is 0. The molecule has 3 rings (SSSR count). The minimum absolute atomic E-state index is 0.308. The molecule has 0 N–H and O–H groups in total. The third-order valence-electron chi connectivity index (χ3n) is 3.14. The zero-order valence-electron chi connectivity index (χ0n) is 9.04. The van der Waals surface area contributed by atoms with E-state index >= 15 is 0 Å². The van der Waals surface area contributed by atoms with E-state index in [4.69, 9.17) is 0 Å². The third kappa shape index (κ3) is 0.946. The quantitative estimate of drug-likeness (QED) is 0.637. The predicted octanol–water partition coefficient (Wildman–Crippen LogP) is 0.126. The van der Waals surface area contributed by atoms with Gasteiger partial charge < -0.3 is 9.80 Å². The normalized spacial score (nSPS) is 16.1. The van der Waals surface area contributed by atoms with Gasteiger partial charge in [-0.05, 0) is 12.1 Å². The Kier molecular flexibility index (Phi) is 1.58. The largest absolute Gasteiger partial charge is 0.335 e. The average Bonchev–Trinajstić information content (AvgIpc) is 2.78. The minimum Gasteiger partial charge on any atom is -0.335 e. The topological polar surface area (TPSA) is 45.5 Å². The molecule has 16 heavy (non-hydrogen) atoms. The average molecular weight is 217 g/mol. The molecule has 0 spiro atoms. The van der Waals surface area contributed by atoms with Gasteiger partial charge in [0, 0.05) is 14.1 Å². The van der Waals surface area contributed by atoms with Gasteiger partial charge in [0.2, 0.25) is 0 Å². The molecule has 5 heteroatoms. The van der Waals surface area contributed by atoms with Crippen LogP contribution >= 0.6 is 0 Å². The van der Waals surface area contributed by atoms with Crippen molar-refractivity contribution < 1.29 is 0 Å². The molecule has 0 radical (unpaired) electrons. The van der Waals surface area contributed by atoms with Crippen molar-refractivity contribution in [2.24, 2.45) is 0 Å². The van der Waals surface area contributed by atoms with Gasteiger partial charge in [-0.2, -0.15) is 0 Å². The van der Waals surface area contributed by atoms with Crippen LogP contribution in [0.1, 0.15) is 6.29 Å². The summed E-state index contributed by atoms with van der Waals surface area (Å²) < 4.78 is 1.26. The first-order valence-electron chi connectivity index (χ1n) is 5.05. The van der Waals surface area contributed by atoms with E-state index < -0.39 is 11.1 Å². The summed E-state index contributed by atoms with van der Waals surface area (Å²) >= 11 is 0. The van der Waals surface area contributed by atoms with Crippen molar-refractivity contribution in [3.63, 3.8) is 0 Å². The van der Waals surface area contributed by atoms with E-state index in [-0.39, 0.29) is 6.29 Å². The molecular formula is C11H11N3O2. The van der Waals surface area contributed by atoms with Crippen molar-refractivity contribution in [2.75, 3.05) is 23.9 Å². The van der Waals surface area contributed by atoms with Gasteiger partial charge in [0.1, 0.15) is 0 Å². The number of benzene rings is 1. The van der Waals surface area contributed by atoms with E-state index in [9.17, 15) is 9.59 Å². The lowest BCUT2D eigenvalue weighted by Gasteiger charge is -2.24. The molecule has 2 aromatic rings. The summed E-state index contributed by atoms with van der Waals surface area (Å²) in [6, 6.07) is 7.84. The molecule has 1 aliphatic heterocycles. The van der Waals surface area contributed by atoms with Gasteiger partial charge >= 0.3 is 11.1 Å². The lowest BCUT2D eigenvalue weighted by atomic mass is 10.3. The van der Waals surface area contributed by atoms with Crippen LogP contribution < -0.4 is 20.9 Å². The van der Waals surface area contributed by atoms with Gasteiger partial charge in [-0.25, -0.2) is 4.57 Å². The van der Waals surface area contributed by atoms with E-state index in [1.807, 2.05) is 48.2 Å². The fourth-order valence-corrected chi connectivity index (χ4v) is 2.27. The van der Waals surface area contributed by atoms with E-state index in [1.165, 1.54) is 4.57 Å². The minimum atomic E-state index is -0.406. The Morgan fingerprint density at radius 3 is 1.75 bits per heavy atom. The van der Waals surface area contributed by atoms with E-state index in [0.29, 0.717) is 0 Å². The Labute approximate surface area is 91.8 Å². The molecule has 0 amide bonds. The van der Waals surface area contributed by atoms with Crippen LogP contribution in [-0.4, -0.2) is 18.7 Å². The molecule has 1 aromatic heterocycles. The van der Waals surface area contributed by atoms with Gasteiger partial charge in [0.15, 0.2) is 6.29 Å². The number of fused-ring (bicyclic) bond motifs is 1. The van der Waals surface area contributed by atoms with Crippen molar-refractivity contribution in [3.05, 3.63) is 45.0 Å². The van der Waals surface area contributed by atoms with Gasteiger partial charge in [-0.15, -0.1) is 0 Å². The zero-order chi connectivity index (χ0) is 11.4. The highest BCUT2D eigenvalue weighted by atomic mass is 16.2. The lowest BCUT2D eigenvalue weighted by Crippen LogP contribution is -2.35. The van der Waals surface area contributed by atoms with Gasteiger partial charge in [0.25, 0.3) is 0 Å². The highest BCUT2D eigenvalue weighted by Gasteiger charge is 2.38. The fraction of sp³-hybridized carbons (Fsp3) is 0.273. The standard InChI is InChI=1S/C11H11N3O2/c1-12-7-5-3-4-6-8(7)13(2)11(12)14-9(15)10(14)16/h3-6,11H,1-2H3. The smallest absolute Gasteiger partial charge is 0.322 e. The van der Waals surface area contributed by atoms with E-state index in [1.54, 1.807) is 0 Å². The summed E-state index contributed by atoms with van der Waals surface area (Å²) in [5.74, 6) is 0. The molecule has 0 aliphatic carbocycles. The predicted molar refractivity (Wildman–Crippen MR) is 61.6 cm³/mol. The van der Waals surface area contributed by atoms with Crippen LogP contribution in [0.15, 0.2) is 33.9 Å². The highest BCUT2D eigenvalue weighted by molar-refractivity contribution is 5.76. The molecule has 0 atom stereocenters. The van der Waals surface area contributed by atoms with Crippen LogP contribution in [0.2, 0.25) is 0 Å². The summed E-state index contributed by atoms with van der Waals surface area (Å²) in [5, 5.41) is 0. The number of nitrogens with zero attached hydrogens (tertiary/aromatic N) is 3. The molecule has 1 aliphatic rings. The van der Waals surface area contributed by atoms with Gasteiger partial charge in [0.05, 0.1) is 11.4 Å². The van der Waals surface area contributed by atoms with Crippen LogP contribution in [0.5, 0.6) is 0 Å². The number of hydrogen-bond acceptors (Lipinski definition) is 4. The van der Waals surface area contributed by atoms with Crippen molar-refractivity contribution in [3.8, 4) is 0 Å². The Balaban J connectivity index is 2.12. The first-order chi connectivity index (χ1) is 7.63. The second kappa shape index (κ2) is 2.75. The fourth-order valence-electron chi connectivity index (χ4n) is 2.27. The highest BCUT2D eigenvalue weighted by Crippen LogP contribution is 2.40. The van der Waals surface area contributed by atoms with Crippen molar-refractivity contribution >= 4 is 11.4 Å². The summed E-state index contributed by atoms with van der Waals surface area (Å²) in [5.41, 5.74) is 1.25. The monoisotopic (exact) mass is 217 g/mol. The third-order valence-corrected chi connectivity index (χ3v) is 3.14. The maximum absolute atomic E-state index is 11.2. The van der Waals surface area contributed by atoms with Crippen molar-refractivity contribution in [1.82, 2.24) is 4.57 Å². The van der Waals surface area contributed by atoms with Crippen LogP contribution in [0.4, 0.5) is 11.4 Å². The molecule has 0 bridgehead atoms. The molecule has 0 fully saturated rings. The Morgan fingerprint density at radius 1 is 0.938 bits per heavy atom. The summed E-state index contributed by atoms with van der Waals surface area (Å²) in [6.45, 7) is 0. The number of rotatable bonds is 1. The van der Waals surface area contributed by atoms with Gasteiger partial charge in [-0.1, -0.05) is 12.1 Å². The molecule has 0 saturated carbocycles. The number of aromatic nitrogens is 1. The molecular weight excluding hydrogens is 206 g/mol. The zero-order valence-corrected chi connectivity index (χ0v) is 9.04. The van der Waals surface area contributed by atoms with Crippen LogP contribution in [0.25, 0.3) is 0 Å². The molecule has 0 saturated heterocycles. The maximum Gasteiger partial charge on any atom is 0.322 e. The molecule has 0 unspecified atom stereocenters. The van der Waals surface area contributed by atoms with Crippen molar-refractivity contribution in [1.29, 1.82) is 0 Å². The number of anilines is 2. The summed E-state index contributed by atoms with van der Waals surface area (Å²) in [4.78, 5) is 26.2.